The predicted octanol–water partition coefficient (Wildman–Crippen LogP) is 1.49. The Morgan fingerprint density at radius 1 is 1.31 bits per heavy atom. The molecule has 0 atom stereocenters. The van der Waals surface area contributed by atoms with E-state index < -0.39 is 0 Å². The zero-order valence-electron chi connectivity index (χ0n) is 8.92. The average molecular weight is 216 g/mol. The van der Waals surface area contributed by atoms with E-state index in [4.69, 9.17) is 4.74 Å². The Morgan fingerprint density at radius 3 is 2.88 bits per heavy atom. The third-order valence-electron chi connectivity index (χ3n) is 2.05. The summed E-state index contributed by atoms with van der Waals surface area (Å²) in [5.41, 5.74) is 1.06. The van der Waals surface area contributed by atoms with Crippen LogP contribution in [0.15, 0.2) is 36.7 Å². The molecule has 1 N–H and O–H groups in total. The molecule has 0 fully saturated rings. The predicted molar refractivity (Wildman–Crippen MR) is 60.1 cm³/mol. The van der Waals surface area contributed by atoms with E-state index >= 15 is 0 Å². The molecule has 0 aliphatic rings. The van der Waals surface area contributed by atoms with E-state index in [1.165, 1.54) is 0 Å². The van der Waals surface area contributed by atoms with E-state index in [0.29, 0.717) is 12.4 Å². The van der Waals surface area contributed by atoms with Gasteiger partial charge in [-0.1, -0.05) is 6.07 Å². The van der Waals surface area contributed by atoms with Crippen LogP contribution >= 0.6 is 0 Å². The second kappa shape index (κ2) is 5.06. The summed E-state index contributed by atoms with van der Waals surface area (Å²) in [5, 5.41) is 10.8. The van der Waals surface area contributed by atoms with Gasteiger partial charge in [-0.15, -0.1) is 5.10 Å². The topological polar surface area (TPSA) is 59.9 Å². The first-order valence-corrected chi connectivity index (χ1v) is 4.89. The molecule has 0 amide bonds. The lowest BCUT2D eigenvalue weighted by Crippen LogP contribution is -2.02. The van der Waals surface area contributed by atoms with E-state index in [0.717, 1.165) is 11.4 Å². The van der Waals surface area contributed by atoms with E-state index in [1.54, 1.807) is 19.5 Å². The monoisotopic (exact) mass is 216 g/mol. The van der Waals surface area contributed by atoms with Gasteiger partial charge in [0.15, 0.2) is 0 Å². The van der Waals surface area contributed by atoms with E-state index in [9.17, 15) is 0 Å². The zero-order valence-corrected chi connectivity index (χ0v) is 8.92. The van der Waals surface area contributed by atoms with E-state index in [2.05, 4.69) is 20.5 Å². The van der Waals surface area contributed by atoms with Crippen LogP contribution < -0.4 is 10.1 Å². The van der Waals surface area contributed by atoms with Crippen LogP contribution in [0.5, 0.6) is 5.88 Å². The number of nitrogens with zero attached hydrogens (tertiary/aromatic N) is 3. The number of pyridine rings is 1. The summed E-state index contributed by atoms with van der Waals surface area (Å²) < 4.78 is 4.98. The zero-order chi connectivity index (χ0) is 11.2. The summed E-state index contributed by atoms with van der Waals surface area (Å²) in [6.45, 7) is 0.662. The third kappa shape index (κ3) is 2.66. The first kappa shape index (κ1) is 10.4. The minimum atomic E-state index is 0.614. The Bertz CT molecular complexity index is 429. The summed E-state index contributed by atoms with van der Waals surface area (Å²) in [5.74, 6) is 1.36. The lowest BCUT2D eigenvalue weighted by molar-refractivity contribution is 0.397. The summed E-state index contributed by atoms with van der Waals surface area (Å²) in [4.78, 5) is 4.11. The van der Waals surface area contributed by atoms with Gasteiger partial charge in [0.25, 0.3) is 0 Å². The smallest absolute Gasteiger partial charge is 0.212 e. The summed E-state index contributed by atoms with van der Waals surface area (Å²) in [6, 6.07) is 7.48. The van der Waals surface area contributed by atoms with Crippen molar-refractivity contribution in [2.75, 3.05) is 12.4 Å². The standard InChI is InChI=1S/C11H12N4O/c1-16-11-5-4-9(8-13-11)7-12-10-3-2-6-14-15-10/h2-6,8H,7H2,1H3,(H,12,15). The molecule has 5 heteroatoms. The van der Waals surface area contributed by atoms with Crippen molar-refractivity contribution in [1.29, 1.82) is 0 Å². The molecular formula is C11H12N4O. The second-order valence-electron chi connectivity index (χ2n) is 3.17. The van der Waals surface area contributed by atoms with Gasteiger partial charge in [0.05, 0.1) is 7.11 Å². The fraction of sp³-hybridized carbons (Fsp3) is 0.182. The maximum absolute atomic E-state index is 4.98. The number of hydrogen-bond donors (Lipinski definition) is 1. The highest BCUT2D eigenvalue weighted by molar-refractivity contribution is 5.33. The maximum atomic E-state index is 4.98. The van der Waals surface area contributed by atoms with Crippen molar-refractivity contribution in [3.8, 4) is 5.88 Å². The maximum Gasteiger partial charge on any atom is 0.212 e. The molecule has 2 aromatic rings. The van der Waals surface area contributed by atoms with Gasteiger partial charge in [0.1, 0.15) is 5.82 Å². The van der Waals surface area contributed by atoms with Crippen molar-refractivity contribution in [1.82, 2.24) is 15.2 Å². The van der Waals surface area contributed by atoms with Gasteiger partial charge >= 0.3 is 0 Å². The number of nitrogens with one attached hydrogen (secondary N) is 1. The fourth-order valence-electron chi connectivity index (χ4n) is 1.22. The molecule has 5 nitrogen and oxygen atoms in total. The quantitative estimate of drug-likeness (QED) is 0.839. The Labute approximate surface area is 93.5 Å². The van der Waals surface area contributed by atoms with Crippen molar-refractivity contribution in [2.45, 2.75) is 6.54 Å². The van der Waals surface area contributed by atoms with Crippen molar-refractivity contribution < 1.29 is 4.74 Å². The van der Waals surface area contributed by atoms with Crippen LogP contribution in [-0.4, -0.2) is 22.3 Å². The molecule has 0 aliphatic heterocycles. The van der Waals surface area contributed by atoms with Crippen LogP contribution in [0.2, 0.25) is 0 Å². The summed E-state index contributed by atoms with van der Waals surface area (Å²) >= 11 is 0. The minimum absolute atomic E-state index is 0.614. The van der Waals surface area contributed by atoms with Crippen LogP contribution in [-0.2, 0) is 6.54 Å². The normalized spacial score (nSPS) is 9.81. The molecule has 0 bridgehead atoms. The Kier molecular flexibility index (Phi) is 3.28. The first-order chi connectivity index (χ1) is 7.88. The molecule has 2 heterocycles. The van der Waals surface area contributed by atoms with Gasteiger partial charge in [-0.2, -0.15) is 5.10 Å². The highest BCUT2D eigenvalue weighted by Gasteiger charge is 1.96. The van der Waals surface area contributed by atoms with Gasteiger partial charge < -0.3 is 10.1 Å². The van der Waals surface area contributed by atoms with Gasteiger partial charge in [-0.3, -0.25) is 0 Å². The fourth-order valence-corrected chi connectivity index (χ4v) is 1.22. The van der Waals surface area contributed by atoms with E-state index in [1.807, 2.05) is 24.3 Å². The van der Waals surface area contributed by atoms with Gasteiger partial charge in [0, 0.05) is 25.0 Å². The van der Waals surface area contributed by atoms with Crippen molar-refractivity contribution >= 4 is 5.82 Å². The Hall–Kier alpha value is -2.17. The van der Waals surface area contributed by atoms with Crippen LogP contribution in [0.3, 0.4) is 0 Å². The molecule has 2 aromatic heterocycles. The molecule has 2 rings (SSSR count). The minimum Gasteiger partial charge on any atom is -0.481 e. The number of hydrogen-bond acceptors (Lipinski definition) is 5. The molecule has 0 radical (unpaired) electrons. The summed E-state index contributed by atoms with van der Waals surface area (Å²) in [7, 11) is 1.60. The molecule has 0 aromatic carbocycles. The lowest BCUT2D eigenvalue weighted by atomic mass is 10.3. The van der Waals surface area contributed by atoms with Gasteiger partial charge in [-0.05, 0) is 17.7 Å². The largest absolute Gasteiger partial charge is 0.481 e. The highest BCUT2D eigenvalue weighted by Crippen LogP contribution is 2.08. The van der Waals surface area contributed by atoms with Crippen molar-refractivity contribution in [3.63, 3.8) is 0 Å². The lowest BCUT2D eigenvalue weighted by Gasteiger charge is -2.04. The number of anilines is 1. The number of aromatic nitrogens is 3. The molecule has 0 saturated heterocycles. The Balaban J connectivity index is 1.94. The number of rotatable bonds is 4. The van der Waals surface area contributed by atoms with E-state index in [-0.39, 0.29) is 0 Å². The molecule has 0 unspecified atom stereocenters. The molecule has 0 spiro atoms. The van der Waals surface area contributed by atoms with Crippen molar-refractivity contribution in [3.05, 3.63) is 42.2 Å². The van der Waals surface area contributed by atoms with Crippen molar-refractivity contribution in [2.24, 2.45) is 0 Å². The molecule has 16 heavy (non-hydrogen) atoms. The van der Waals surface area contributed by atoms with Gasteiger partial charge in [0.2, 0.25) is 5.88 Å². The van der Waals surface area contributed by atoms with Crippen LogP contribution in [0.1, 0.15) is 5.56 Å². The third-order valence-corrected chi connectivity index (χ3v) is 2.05. The summed E-state index contributed by atoms with van der Waals surface area (Å²) in [6.07, 6.45) is 3.41. The first-order valence-electron chi connectivity index (χ1n) is 4.89. The second-order valence-corrected chi connectivity index (χ2v) is 3.17. The highest BCUT2D eigenvalue weighted by atomic mass is 16.5. The molecular weight excluding hydrogens is 204 g/mol. The Morgan fingerprint density at radius 2 is 2.25 bits per heavy atom. The van der Waals surface area contributed by atoms with Crippen LogP contribution in [0.25, 0.3) is 0 Å². The number of methoxy groups -OCH3 is 1. The average Bonchev–Trinajstić information content (AvgIpc) is 2.38. The van der Waals surface area contributed by atoms with Crippen LogP contribution in [0, 0.1) is 0 Å². The molecule has 0 saturated carbocycles. The molecule has 82 valence electrons. The van der Waals surface area contributed by atoms with Gasteiger partial charge in [-0.25, -0.2) is 4.98 Å². The van der Waals surface area contributed by atoms with Crippen LogP contribution in [0.4, 0.5) is 5.82 Å². The SMILES string of the molecule is COc1ccc(CNc2cccnn2)cn1. The number of ether oxygens (including phenoxy) is 1. The molecule has 0 aliphatic carbocycles.